The minimum atomic E-state index is -0.777. The first-order chi connectivity index (χ1) is 28.0. The van der Waals surface area contributed by atoms with Gasteiger partial charge < -0.3 is 14.2 Å². The fourth-order valence-corrected chi connectivity index (χ4v) is 6.83. The molecular weight excluding hydrogens is 709 g/mol. The molecule has 1 unspecified atom stereocenters. The Labute approximate surface area is 353 Å². The van der Waals surface area contributed by atoms with Crippen molar-refractivity contribution in [2.75, 3.05) is 13.2 Å². The minimum Gasteiger partial charge on any atom is -0.462 e. The van der Waals surface area contributed by atoms with E-state index in [9.17, 15) is 14.4 Å². The van der Waals surface area contributed by atoms with Gasteiger partial charge in [-0.05, 0) is 83.5 Å². The van der Waals surface area contributed by atoms with E-state index in [0.29, 0.717) is 19.3 Å². The Balaban J connectivity index is 4.30. The van der Waals surface area contributed by atoms with E-state index in [-0.39, 0.29) is 31.1 Å². The highest BCUT2D eigenvalue weighted by molar-refractivity contribution is 5.71. The summed E-state index contributed by atoms with van der Waals surface area (Å²) in [7, 11) is 0. The number of hydrogen-bond donors (Lipinski definition) is 0. The molecule has 0 aliphatic heterocycles. The van der Waals surface area contributed by atoms with Crippen molar-refractivity contribution in [2.45, 2.75) is 258 Å². The van der Waals surface area contributed by atoms with Gasteiger partial charge in [0.25, 0.3) is 0 Å². The van der Waals surface area contributed by atoms with Crippen LogP contribution in [-0.2, 0) is 28.6 Å². The second-order valence-electron chi connectivity index (χ2n) is 16.4. The standard InChI is InChI=1S/C51H92O6/c1-4-7-10-13-16-19-22-23-24-25-26-27-28-30-32-35-38-41-44-50(53)56-47-48(46-55-49(52)43-40-37-34-31-21-18-15-12-9-6-3)57-51(54)45-42-39-36-33-29-20-17-14-11-8-5-2/h12,14-15,17,24-25,48H,4-11,13,16,18-23,26-47H2,1-3H3/b15-12-,17-14-,25-24-. The molecule has 0 aliphatic carbocycles. The van der Waals surface area contributed by atoms with Gasteiger partial charge in [-0.1, -0.05) is 186 Å². The average Bonchev–Trinajstić information content (AvgIpc) is 3.21. The summed E-state index contributed by atoms with van der Waals surface area (Å²) >= 11 is 0. The zero-order valence-electron chi connectivity index (χ0n) is 37.9. The van der Waals surface area contributed by atoms with E-state index >= 15 is 0 Å². The fourth-order valence-electron chi connectivity index (χ4n) is 6.83. The molecule has 6 heteroatoms. The van der Waals surface area contributed by atoms with Gasteiger partial charge in [-0.15, -0.1) is 0 Å². The van der Waals surface area contributed by atoms with E-state index in [4.69, 9.17) is 14.2 Å². The van der Waals surface area contributed by atoms with Crippen LogP contribution in [0.15, 0.2) is 36.5 Å². The van der Waals surface area contributed by atoms with Crippen molar-refractivity contribution in [3.05, 3.63) is 36.5 Å². The molecule has 0 bridgehead atoms. The summed E-state index contributed by atoms with van der Waals surface area (Å²) in [6, 6.07) is 0. The van der Waals surface area contributed by atoms with Crippen LogP contribution in [0, 0.1) is 0 Å². The summed E-state index contributed by atoms with van der Waals surface area (Å²) in [6.07, 6.45) is 52.7. The summed E-state index contributed by atoms with van der Waals surface area (Å²) in [4.78, 5) is 37.8. The van der Waals surface area contributed by atoms with Crippen molar-refractivity contribution < 1.29 is 28.6 Å². The monoisotopic (exact) mass is 801 g/mol. The minimum absolute atomic E-state index is 0.0795. The van der Waals surface area contributed by atoms with Crippen molar-refractivity contribution in [2.24, 2.45) is 0 Å². The van der Waals surface area contributed by atoms with Crippen molar-refractivity contribution in [3.63, 3.8) is 0 Å². The normalized spacial score (nSPS) is 12.3. The Hall–Kier alpha value is -2.37. The molecule has 6 nitrogen and oxygen atoms in total. The Morgan fingerprint density at radius 3 is 1.00 bits per heavy atom. The lowest BCUT2D eigenvalue weighted by Crippen LogP contribution is -2.30. The maximum Gasteiger partial charge on any atom is 0.306 e. The quantitative estimate of drug-likeness (QED) is 0.0264. The van der Waals surface area contributed by atoms with E-state index < -0.39 is 6.10 Å². The maximum atomic E-state index is 12.7. The van der Waals surface area contributed by atoms with Crippen molar-refractivity contribution in [1.82, 2.24) is 0 Å². The largest absolute Gasteiger partial charge is 0.462 e. The van der Waals surface area contributed by atoms with Gasteiger partial charge in [-0.2, -0.15) is 0 Å². The van der Waals surface area contributed by atoms with Crippen LogP contribution in [0.25, 0.3) is 0 Å². The second-order valence-corrected chi connectivity index (χ2v) is 16.4. The number of rotatable bonds is 44. The highest BCUT2D eigenvalue weighted by Crippen LogP contribution is 2.14. The van der Waals surface area contributed by atoms with E-state index in [1.807, 2.05) is 0 Å². The first-order valence-corrected chi connectivity index (χ1v) is 24.5. The lowest BCUT2D eigenvalue weighted by Gasteiger charge is -2.18. The van der Waals surface area contributed by atoms with Gasteiger partial charge in [0.1, 0.15) is 13.2 Å². The van der Waals surface area contributed by atoms with Crippen LogP contribution in [0.2, 0.25) is 0 Å². The van der Waals surface area contributed by atoms with Crippen LogP contribution in [0.1, 0.15) is 252 Å². The van der Waals surface area contributed by atoms with E-state index in [0.717, 1.165) is 83.5 Å². The number of unbranched alkanes of at least 4 members (excludes halogenated alkanes) is 27. The van der Waals surface area contributed by atoms with Crippen LogP contribution in [0.3, 0.4) is 0 Å². The predicted molar refractivity (Wildman–Crippen MR) is 242 cm³/mol. The van der Waals surface area contributed by atoms with Crippen LogP contribution in [0.5, 0.6) is 0 Å². The second kappa shape index (κ2) is 46.3. The molecule has 0 saturated heterocycles. The molecule has 0 heterocycles. The van der Waals surface area contributed by atoms with Crippen molar-refractivity contribution in [1.29, 1.82) is 0 Å². The van der Waals surface area contributed by atoms with E-state index in [1.54, 1.807) is 0 Å². The molecule has 0 spiro atoms. The van der Waals surface area contributed by atoms with Gasteiger partial charge in [0.05, 0.1) is 0 Å². The molecular formula is C51H92O6. The molecule has 57 heavy (non-hydrogen) atoms. The van der Waals surface area contributed by atoms with Gasteiger partial charge in [0.15, 0.2) is 6.10 Å². The molecule has 0 saturated carbocycles. The summed E-state index contributed by atoms with van der Waals surface area (Å²) in [5, 5.41) is 0. The summed E-state index contributed by atoms with van der Waals surface area (Å²) < 4.78 is 16.7. The number of ether oxygens (including phenoxy) is 3. The topological polar surface area (TPSA) is 78.9 Å². The van der Waals surface area contributed by atoms with E-state index in [1.165, 1.54) is 128 Å². The zero-order valence-corrected chi connectivity index (χ0v) is 37.9. The van der Waals surface area contributed by atoms with Gasteiger partial charge >= 0.3 is 17.9 Å². The average molecular weight is 801 g/mol. The zero-order chi connectivity index (χ0) is 41.5. The van der Waals surface area contributed by atoms with Crippen LogP contribution >= 0.6 is 0 Å². The first kappa shape index (κ1) is 54.6. The number of allylic oxidation sites excluding steroid dienone is 6. The molecule has 0 aromatic rings. The Kier molecular flexibility index (Phi) is 44.4. The Morgan fingerprint density at radius 1 is 0.333 bits per heavy atom. The number of carbonyl (C=O) groups is 3. The van der Waals surface area contributed by atoms with Gasteiger partial charge in [0, 0.05) is 19.3 Å². The molecule has 0 radical (unpaired) electrons. The van der Waals surface area contributed by atoms with Gasteiger partial charge in [-0.25, -0.2) is 0 Å². The van der Waals surface area contributed by atoms with Gasteiger partial charge in [0.2, 0.25) is 0 Å². The lowest BCUT2D eigenvalue weighted by atomic mass is 10.1. The number of esters is 3. The molecule has 1 atom stereocenters. The van der Waals surface area contributed by atoms with Crippen LogP contribution < -0.4 is 0 Å². The number of carbonyl (C=O) groups excluding carboxylic acids is 3. The molecule has 0 aromatic heterocycles. The predicted octanol–water partition coefficient (Wildman–Crippen LogP) is 15.8. The first-order valence-electron chi connectivity index (χ1n) is 24.5. The third-order valence-electron chi connectivity index (χ3n) is 10.6. The summed E-state index contributed by atoms with van der Waals surface area (Å²) in [5.41, 5.74) is 0. The molecule has 332 valence electrons. The summed E-state index contributed by atoms with van der Waals surface area (Å²) in [6.45, 7) is 6.52. The van der Waals surface area contributed by atoms with Gasteiger partial charge in [-0.3, -0.25) is 14.4 Å². The molecule has 0 N–H and O–H groups in total. The van der Waals surface area contributed by atoms with E-state index in [2.05, 4.69) is 57.2 Å². The maximum absolute atomic E-state index is 12.7. The lowest BCUT2D eigenvalue weighted by molar-refractivity contribution is -0.167. The fraction of sp³-hybridized carbons (Fsp3) is 0.824. The molecule has 0 amide bonds. The molecule has 0 aromatic carbocycles. The molecule has 0 rings (SSSR count). The highest BCUT2D eigenvalue weighted by Gasteiger charge is 2.19. The smallest absolute Gasteiger partial charge is 0.306 e. The van der Waals surface area contributed by atoms with Crippen LogP contribution in [0.4, 0.5) is 0 Å². The molecule has 0 fully saturated rings. The van der Waals surface area contributed by atoms with Crippen LogP contribution in [-0.4, -0.2) is 37.2 Å². The molecule has 0 aliphatic rings. The summed E-state index contributed by atoms with van der Waals surface area (Å²) in [5.74, 6) is -0.901. The highest BCUT2D eigenvalue weighted by atomic mass is 16.6. The Morgan fingerprint density at radius 2 is 0.632 bits per heavy atom. The third-order valence-corrected chi connectivity index (χ3v) is 10.6. The van der Waals surface area contributed by atoms with Crippen molar-refractivity contribution >= 4 is 17.9 Å². The SMILES string of the molecule is CCC/C=C\CCCCCCCC(=O)OCC(COC(=O)CCCCCCCCC/C=C\CCCCCCCCC)OC(=O)CCCCCCC/C=C\CCCC. The Bertz CT molecular complexity index is 969. The third kappa shape index (κ3) is 44.6. The van der Waals surface area contributed by atoms with Crippen molar-refractivity contribution in [3.8, 4) is 0 Å². The number of hydrogen-bond acceptors (Lipinski definition) is 6.